The van der Waals surface area contributed by atoms with E-state index in [1.807, 2.05) is 18.2 Å². The highest BCUT2D eigenvalue weighted by molar-refractivity contribution is 5.82. The van der Waals surface area contributed by atoms with Crippen LogP contribution in [0.2, 0.25) is 0 Å². The van der Waals surface area contributed by atoms with Crippen LogP contribution in [0.5, 0.6) is 5.75 Å². The zero-order valence-electron chi connectivity index (χ0n) is 13.8. The highest BCUT2D eigenvalue weighted by Crippen LogP contribution is 2.24. The molecule has 0 aromatic heterocycles. The van der Waals surface area contributed by atoms with Crippen LogP contribution in [0.1, 0.15) is 44.6 Å². The summed E-state index contributed by atoms with van der Waals surface area (Å²) in [6.07, 6.45) is 11.0. The smallest absolute Gasteiger partial charge is 0.330 e. The van der Waals surface area contributed by atoms with Gasteiger partial charge in [-0.15, -0.1) is 0 Å². The first-order chi connectivity index (χ1) is 10.7. The summed E-state index contributed by atoms with van der Waals surface area (Å²) in [4.78, 5) is 11.2. The van der Waals surface area contributed by atoms with Gasteiger partial charge in [0, 0.05) is 6.08 Å². The summed E-state index contributed by atoms with van der Waals surface area (Å²) in [7, 11) is 3.04. The Morgan fingerprint density at radius 2 is 1.82 bits per heavy atom. The van der Waals surface area contributed by atoms with E-state index >= 15 is 0 Å². The van der Waals surface area contributed by atoms with Crippen molar-refractivity contribution >= 4 is 11.5 Å². The Bertz CT molecular complexity index is 498. The lowest BCUT2D eigenvalue weighted by atomic mass is 9.98. The van der Waals surface area contributed by atoms with E-state index < -0.39 is 0 Å². The van der Waals surface area contributed by atoms with Crippen molar-refractivity contribution in [1.82, 2.24) is 0 Å². The normalized spacial score (nSPS) is 11.7. The zero-order chi connectivity index (χ0) is 16.2. The average molecular weight is 302 g/mol. The van der Waals surface area contributed by atoms with Crippen LogP contribution in [0, 0.1) is 0 Å². The maximum absolute atomic E-state index is 11.2. The third kappa shape index (κ3) is 6.61. The predicted molar refractivity (Wildman–Crippen MR) is 90.9 cm³/mol. The Morgan fingerprint density at radius 3 is 2.41 bits per heavy atom. The molecule has 3 nitrogen and oxygen atoms in total. The maximum Gasteiger partial charge on any atom is 0.330 e. The quantitative estimate of drug-likeness (QED) is 0.285. The van der Waals surface area contributed by atoms with Crippen LogP contribution < -0.4 is 4.74 Å². The molecule has 0 heterocycles. The molecule has 1 rings (SSSR count). The molecular weight excluding hydrogens is 276 g/mol. The van der Waals surface area contributed by atoms with Crippen LogP contribution in [0.3, 0.4) is 0 Å². The molecule has 0 saturated heterocycles. The van der Waals surface area contributed by atoms with Crippen molar-refractivity contribution in [2.45, 2.75) is 39.0 Å². The van der Waals surface area contributed by atoms with Crippen molar-refractivity contribution in [3.8, 4) is 5.75 Å². The van der Waals surface area contributed by atoms with Gasteiger partial charge in [0.15, 0.2) is 0 Å². The molecule has 1 aromatic rings. The lowest BCUT2D eigenvalue weighted by Gasteiger charge is -2.08. The minimum absolute atomic E-state index is 0.337. The van der Waals surface area contributed by atoms with Gasteiger partial charge < -0.3 is 9.47 Å². The molecule has 0 N–H and O–H groups in total. The van der Waals surface area contributed by atoms with Gasteiger partial charge in [0.2, 0.25) is 0 Å². The van der Waals surface area contributed by atoms with E-state index in [-0.39, 0.29) is 5.97 Å². The van der Waals surface area contributed by atoms with Crippen LogP contribution in [-0.2, 0) is 9.53 Å². The molecule has 0 bridgehead atoms. The van der Waals surface area contributed by atoms with E-state index in [4.69, 9.17) is 4.74 Å². The van der Waals surface area contributed by atoms with E-state index in [9.17, 15) is 4.79 Å². The van der Waals surface area contributed by atoms with Crippen molar-refractivity contribution in [3.63, 3.8) is 0 Å². The number of carbonyl (C=O) groups is 1. The van der Waals surface area contributed by atoms with Crippen LogP contribution in [0.25, 0.3) is 5.57 Å². The first kappa shape index (κ1) is 18.0. The molecule has 1 aromatic carbocycles. The summed E-state index contributed by atoms with van der Waals surface area (Å²) in [5.41, 5.74) is 2.38. The highest BCUT2D eigenvalue weighted by Gasteiger charge is 2.02. The molecule has 0 fully saturated rings. The van der Waals surface area contributed by atoms with Gasteiger partial charge in [-0.1, -0.05) is 50.5 Å². The minimum Gasteiger partial charge on any atom is -0.497 e. The first-order valence-corrected chi connectivity index (χ1v) is 7.80. The third-order valence-electron chi connectivity index (χ3n) is 3.49. The molecule has 0 aliphatic heterocycles. The Morgan fingerprint density at radius 1 is 1.09 bits per heavy atom. The number of methoxy groups -OCH3 is 2. The van der Waals surface area contributed by atoms with E-state index in [2.05, 4.69) is 23.8 Å². The number of unbranched alkanes of at least 4 members (excludes halogenated alkanes) is 3. The number of allylic oxidation sites excluding steroid dienone is 3. The van der Waals surface area contributed by atoms with E-state index in [1.54, 1.807) is 13.2 Å². The summed E-state index contributed by atoms with van der Waals surface area (Å²) in [5.74, 6) is 0.510. The fourth-order valence-corrected chi connectivity index (χ4v) is 2.18. The average Bonchev–Trinajstić information content (AvgIpc) is 2.57. The van der Waals surface area contributed by atoms with Crippen LogP contribution in [-0.4, -0.2) is 20.2 Å². The minimum atomic E-state index is -0.337. The second kappa shape index (κ2) is 10.7. The van der Waals surface area contributed by atoms with E-state index in [0.29, 0.717) is 0 Å². The van der Waals surface area contributed by atoms with Gasteiger partial charge in [0.05, 0.1) is 14.2 Å². The van der Waals surface area contributed by atoms with Crippen LogP contribution >= 0.6 is 0 Å². The molecule has 120 valence electrons. The molecule has 3 heteroatoms. The van der Waals surface area contributed by atoms with Crippen molar-refractivity contribution in [1.29, 1.82) is 0 Å². The topological polar surface area (TPSA) is 35.5 Å². The second-order valence-corrected chi connectivity index (χ2v) is 5.11. The molecule has 22 heavy (non-hydrogen) atoms. The molecule has 0 atom stereocenters. The Hall–Kier alpha value is -2.03. The summed E-state index contributed by atoms with van der Waals surface area (Å²) in [6.45, 7) is 2.21. The number of esters is 1. The molecule has 0 unspecified atom stereocenters. The number of hydrogen-bond donors (Lipinski definition) is 0. The van der Waals surface area contributed by atoms with Gasteiger partial charge in [0.25, 0.3) is 0 Å². The number of carbonyl (C=O) groups excluding carboxylic acids is 1. The van der Waals surface area contributed by atoms with Gasteiger partial charge in [-0.25, -0.2) is 4.79 Å². The van der Waals surface area contributed by atoms with E-state index in [1.165, 1.54) is 38.0 Å². The predicted octanol–water partition coefficient (Wildman–Crippen LogP) is 4.78. The molecule has 0 aliphatic rings. The van der Waals surface area contributed by atoms with Crippen LogP contribution in [0.4, 0.5) is 0 Å². The third-order valence-corrected chi connectivity index (χ3v) is 3.49. The zero-order valence-corrected chi connectivity index (χ0v) is 13.8. The Labute approximate surface area is 133 Å². The van der Waals surface area contributed by atoms with Crippen molar-refractivity contribution in [3.05, 3.63) is 48.1 Å². The van der Waals surface area contributed by atoms with E-state index in [0.717, 1.165) is 24.2 Å². The van der Waals surface area contributed by atoms with Gasteiger partial charge in [-0.2, -0.15) is 0 Å². The molecule has 0 spiro atoms. The van der Waals surface area contributed by atoms with Gasteiger partial charge in [-0.05, 0) is 36.1 Å². The number of ether oxygens (including phenoxy) is 2. The number of hydrogen-bond acceptors (Lipinski definition) is 3. The maximum atomic E-state index is 11.2. The summed E-state index contributed by atoms with van der Waals surface area (Å²) < 4.78 is 9.80. The lowest BCUT2D eigenvalue weighted by Crippen LogP contribution is -1.93. The molecule has 0 aliphatic carbocycles. The molecular formula is C19H26O3. The Kier molecular flexibility index (Phi) is 8.73. The standard InChI is InChI=1S/C19H26O3/c1-4-5-6-7-9-16(10-8-11-19(20)22-3)17-12-14-18(21-2)15-13-17/h8,10-15H,4-7,9H2,1-3H3. The monoisotopic (exact) mass is 302 g/mol. The fourth-order valence-electron chi connectivity index (χ4n) is 2.18. The van der Waals surface area contributed by atoms with Crippen LogP contribution in [0.15, 0.2) is 42.5 Å². The summed E-state index contributed by atoms with van der Waals surface area (Å²) in [6, 6.07) is 8.02. The van der Waals surface area contributed by atoms with Gasteiger partial charge in [-0.3, -0.25) is 0 Å². The van der Waals surface area contributed by atoms with Gasteiger partial charge in [0.1, 0.15) is 5.75 Å². The van der Waals surface area contributed by atoms with Crippen molar-refractivity contribution in [2.24, 2.45) is 0 Å². The fraction of sp³-hybridized carbons (Fsp3) is 0.421. The largest absolute Gasteiger partial charge is 0.497 e. The summed E-state index contributed by atoms with van der Waals surface area (Å²) >= 11 is 0. The number of benzene rings is 1. The molecule has 0 saturated carbocycles. The molecule has 0 radical (unpaired) electrons. The number of rotatable bonds is 9. The summed E-state index contributed by atoms with van der Waals surface area (Å²) in [5, 5.41) is 0. The second-order valence-electron chi connectivity index (χ2n) is 5.11. The lowest BCUT2D eigenvalue weighted by molar-refractivity contribution is -0.134. The highest BCUT2D eigenvalue weighted by atomic mass is 16.5. The van der Waals surface area contributed by atoms with Crippen molar-refractivity contribution in [2.75, 3.05) is 14.2 Å². The Balaban J connectivity index is 2.81. The first-order valence-electron chi connectivity index (χ1n) is 7.80. The van der Waals surface area contributed by atoms with Gasteiger partial charge >= 0.3 is 5.97 Å². The van der Waals surface area contributed by atoms with Crippen molar-refractivity contribution < 1.29 is 14.3 Å². The molecule has 0 amide bonds. The SMILES string of the molecule is CCCCCCC(=CC=CC(=O)OC)c1ccc(OC)cc1.